The molecule has 134 valence electrons. The van der Waals surface area contributed by atoms with Gasteiger partial charge in [0.05, 0.1) is 30.7 Å². The molecule has 7 heteroatoms. The number of amides is 2. The van der Waals surface area contributed by atoms with E-state index in [2.05, 4.69) is 20.6 Å². The van der Waals surface area contributed by atoms with Crippen LogP contribution in [0.4, 0.5) is 0 Å². The number of hydrogen-bond donors (Lipinski definition) is 3. The Hall–Kier alpha value is -3.35. The smallest absolute Gasteiger partial charge is 0.251 e. The minimum Gasteiger partial charge on any atom is -0.497 e. The molecule has 0 spiro atoms. The second-order valence-corrected chi connectivity index (χ2v) is 5.84. The molecule has 0 saturated heterocycles. The molecule has 2 aromatic carbocycles. The third kappa shape index (κ3) is 4.00. The van der Waals surface area contributed by atoms with Crippen molar-refractivity contribution in [2.75, 3.05) is 13.7 Å². The molecule has 1 atom stereocenters. The summed E-state index contributed by atoms with van der Waals surface area (Å²) in [6.45, 7) is 1.71. The largest absolute Gasteiger partial charge is 0.497 e. The summed E-state index contributed by atoms with van der Waals surface area (Å²) in [6.07, 6.45) is 0. The number of carbonyl (C=O) groups is 2. The number of rotatable bonds is 6. The van der Waals surface area contributed by atoms with Crippen molar-refractivity contribution in [1.82, 2.24) is 20.6 Å². The number of ether oxygens (including phenoxy) is 1. The molecular weight excluding hydrogens is 332 g/mol. The average Bonchev–Trinajstić information content (AvgIpc) is 3.10. The quantitative estimate of drug-likeness (QED) is 0.633. The molecular formula is C19H20N4O3. The molecule has 0 unspecified atom stereocenters. The van der Waals surface area contributed by atoms with Crippen LogP contribution < -0.4 is 15.4 Å². The minimum atomic E-state index is -0.338. The number of aromatic amines is 1. The van der Waals surface area contributed by atoms with Crippen molar-refractivity contribution in [3.63, 3.8) is 0 Å². The standard InChI is InChI=1S/C19H20N4O3/c1-12(18-22-15-8-3-4-9-16(15)23-18)21-17(24)11-20-19(25)13-6-5-7-14(10-13)26-2/h3-10,12H,11H2,1-2H3,(H,20,25)(H,21,24)(H,22,23)/t12-/m1/s1. The van der Waals surface area contributed by atoms with E-state index >= 15 is 0 Å². The van der Waals surface area contributed by atoms with Crippen molar-refractivity contribution >= 4 is 22.8 Å². The maximum Gasteiger partial charge on any atom is 0.251 e. The summed E-state index contributed by atoms with van der Waals surface area (Å²) < 4.78 is 5.09. The summed E-state index contributed by atoms with van der Waals surface area (Å²) in [4.78, 5) is 31.9. The highest BCUT2D eigenvalue weighted by atomic mass is 16.5. The Morgan fingerprint density at radius 1 is 1.19 bits per heavy atom. The number of methoxy groups -OCH3 is 1. The third-order valence-corrected chi connectivity index (χ3v) is 3.94. The highest BCUT2D eigenvalue weighted by Crippen LogP contribution is 2.15. The van der Waals surface area contributed by atoms with Crippen LogP contribution in [-0.2, 0) is 4.79 Å². The minimum absolute atomic E-state index is 0.124. The van der Waals surface area contributed by atoms with E-state index in [9.17, 15) is 9.59 Å². The van der Waals surface area contributed by atoms with Gasteiger partial charge in [-0.3, -0.25) is 9.59 Å². The molecule has 0 bridgehead atoms. The second-order valence-electron chi connectivity index (χ2n) is 5.84. The fourth-order valence-corrected chi connectivity index (χ4v) is 2.57. The summed E-state index contributed by atoms with van der Waals surface area (Å²) in [5.41, 5.74) is 2.19. The SMILES string of the molecule is COc1cccc(C(=O)NCC(=O)N[C@H](C)c2nc3ccccc3[nH]2)c1. The summed E-state index contributed by atoms with van der Waals surface area (Å²) in [6, 6.07) is 14.1. The van der Waals surface area contributed by atoms with Crippen molar-refractivity contribution < 1.29 is 14.3 Å². The molecule has 3 rings (SSSR count). The zero-order chi connectivity index (χ0) is 18.5. The predicted molar refractivity (Wildman–Crippen MR) is 98.0 cm³/mol. The first kappa shape index (κ1) is 17.5. The Labute approximate surface area is 150 Å². The van der Waals surface area contributed by atoms with Crippen LogP contribution >= 0.6 is 0 Å². The van der Waals surface area contributed by atoms with E-state index < -0.39 is 0 Å². The molecule has 0 aliphatic rings. The normalized spacial score (nSPS) is 11.8. The van der Waals surface area contributed by atoms with Crippen LogP contribution in [0.2, 0.25) is 0 Å². The van der Waals surface area contributed by atoms with E-state index in [0.29, 0.717) is 17.1 Å². The Kier molecular flexibility index (Phi) is 5.17. The van der Waals surface area contributed by atoms with Crippen LogP contribution in [0.1, 0.15) is 29.1 Å². The Morgan fingerprint density at radius 2 is 2.00 bits per heavy atom. The van der Waals surface area contributed by atoms with E-state index in [4.69, 9.17) is 4.74 Å². The first-order valence-corrected chi connectivity index (χ1v) is 8.23. The number of nitrogens with one attached hydrogen (secondary N) is 3. The number of H-pyrrole nitrogens is 1. The molecule has 3 N–H and O–H groups in total. The van der Waals surface area contributed by atoms with Crippen LogP contribution in [0.25, 0.3) is 11.0 Å². The molecule has 2 amide bonds. The van der Waals surface area contributed by atoms with Crippen molar-refractivity contribution in [3.8, 4) is 5.75 Å². The molecule has 1 heterocycles. The molecule has 0 saturated carbocycles. The van der Waals surface area contributed by atoms with Gasteiger partial charge in [-0.1, -0.05) is 18.2 Å². The topological polar surface area (TPSA) is 96.1 Å². The molecule has 0 aliphatic heterocycles. The lowest BCUT2D eigenvalue weighted by atomic mass is 10.2. The Balaban J connectivity index is 1.55. The first-order chi connectivity index (χ1) is 12.6. The maximum atomic E-state index is 12.1. The molecule has 1 aromatic heterocycles. The number of benzene rings is 2. The van der Waals surface area contributed by atoms with Gasteiger partial charge in [-0.15, -0.1) is 0 Å². The number of aromatic nitrogens is 2. The van der Waals surface area contributed by atoms with Gasteiger partial charge in [-0.05, 0) is 37.3 Å². The molecule has 3 aromatic rings. The van der Waals surface area contributed by atoms with Gasteiger partial charge in [0.1, 0.15) is 11.6 Å². The highest BCUT2D eigenvalue weighted by molar-refractivity contribution is 5.96. The van der Waals surface area contributed by atoms with E-state index in [0.717, 1.165) is 11.0 Å². The van der Waals surface area contributed by atoms with Crippen molar-refractivity contribution in [2.24, 2.45) is 0 Å². The Morgan fingerprint density at radius 3 is 2.77 bits per heavy atom. The molecule has 0 fully saturated rings. The van der Waals surface area contributed by atoms with Gasteiger partial charge in [0.2, 0.25) is 5.91 Å². The van der Waals surface area contributed by atoms with Gasteiger partial charge in [0, 0.05) is 5.56 Å². The summed E-state index contributed by atoms with van der Waals surface area (Å²) in [5, 5.41) is 5.41. The van der Waals surface area contributed by atoms with E-state index in [-0.39, 0.29) is 24.4 Å². The highest BCUT2D eigenvalue weighted by Gasteiger charge is 2.14. The van der Waals surface area contributed by atoms with Gasteiger partial charge in [0.15, 0.2) is 0 Å². The summed E-state index contributed by atoms with van der Waals surface area (Å²) in [7, 11) is 1.53. The van der Waals surface area contributed by atoms with Crippen LogP contribution in [0.5, 0.6) is 5.75 Å². The van der Waals surface area contributed by atoms with Crippen LogP contribution in [-0.4, -0.2) is 35.4 Å². The van der Waals surface area contributed by atoms with E-state index in [1.165, 1.54) is 7.11 Å². The lowest BCUT2D eigenvalue weighted by molar-refractivity contribution is -0.120. The van der Waals surface area contributed by atoms with Gasteiger partial charge in [0.25, 0.3) is 5.91 Å². The fraction of sp³-hybridized carbons (Fsp3) is 0.211. The van der Waals surface area contributed by atoms with Gasteiger partial charge in [-0.25, -0.2) is 4.98 Å². The Bertz CT molecular complexity index is 902. The number of imidazole rings is 1. The van der Waals surface area contributed by atoms with E-state index in [1.54, 1.807) is 24.3 Å². The lowest BCUT2D eigenvalue weighted by Gasteiger charge is -2.12. The van der Waals surface area contributed by atoms with Crippen LogP contribution in [0.15, 0.2) is 48.5 Å². The first-order valence-electron chi connectivity index (χ1n) is 8.23. The maximum absolute atomic E-state index is 12.1. The average molecular weight is 352 g/mol. The number of para-hydroxylation sites is 2. The zero-order valence-electron chi connectivity index (χ0n) is 14.6. The van der Waals surface area contributed by atoms with Crippen LogP contribution in [0.3, 0.4) is 0 Å². The summed E-state index contributed by atoms with van der Waals surface area (Å²) >= 11 is 0. The van der Waals surface area contributed by atoms with Crippen LogP contribution in [0, 0.1) is 0 Å². The van der Waals surface area contributed by atoms with Gasteiger partial charge in [-0.2, -0.15) is 0 Å². The third-order valence-electron chi connectivity index (χ3n) is 3.94. The number of carbonyl (C=O) groups excluding carboxylic acids is 2. The fourth-order valence-electron chi connectivity index (χ4n) is 2.57. The van der Waals surface area contributed by atoms with E-state index in [1.807, 2.05) is 31.2 Å². The lowest BCUT2D eigenvalue weighted by Crippen LogP contribution is -2.38. The molecule has 0 aliphatic carbocycles. The number of fused-ring (bicyclic) bond motifs is 1. The number of hydrogen-bond acceptors (Lipinski definition) is 4. The molecule has 0 radical (unpaired) electrons. The zero-order valence-corrected chi connectivity index (χ0v) is 14.6. The molecule has 26 heavy (non-hydrogen) atoms. The molecule has 7 nitrogen and oxygen atoms in total. The monoisotopic (exact) mass is 352 g/mol. The second kappa shape index (κ2) is 7.69. The van der Waals surface area contributed by atoms with Crippen molar-refractivity contribution in [2.45, 2.75) is 13.0 Å². The van der Waals surface area contributed by atoms with Crippen molar-refractivity contribution in [1.29, 1.82) is 0 Å². The van der Waals surface area contributed by atoms with Gasteiger partial charge >= 0.3 is 0 Å². The summed E-state index contributed by atoms with van der Waals surface area (Å²) in [5.74, 6) is 0.615. The predicted octanol–water partition coefficient (Wildman–Crippen LogP) is 2.18. The van der Waals surface area contributed by atoms with Crippen molar-refractivity contribution in [3.05, 3.63) is 59.9 Å². The van der Waals surface area contributed by atoms with Gasteiger partial charge < -0.3 is 20.4 Å². The number of nitrogens with zero attached hydrogens (tertiary/aromatic N) is 1.